The zero-order valence-corrected chi connectivity index (χ0v) is 16.6. The van der Waals surface area contributed by atoms with Crippen LogP contribution in [-0.4, -0.2) is 32.7 Å². The molecule has 0 saturated carbocycles. The Morgan fingerprint density at radius 1 is 0.935 bits per heavy atom. The summed E-state index contributed by atoms with van der Waals surface area (Å²) in [5.74, 6) is -6.11. The van der Waals surface area contributed by atoms with Crippen molar-refractivity contribution in [3.05, 3.63) is 59.8 Å². The van der Waals surface area contributed by atoms with Crippen molar-refractivity contribution >= 4 is 17.5 Å². The van der Waals surface area contributed by atoms with Crippen molar-refractivity contribution in [1.82, 2.24) is 15.0 Å². The molecule has 1 atom stereocenters. The number of hydrazine groups is 1. The molecule has 3 rings (SSSR count). The van der Waals surface area contributed by atoms with Gasteiger partial charge in [0.25, 0.3) is 0 Å². The number of hydrogen-bond acceptors (Lipinski definition) is 7. The van der Waals surface area contributed by atoms with E-state index in [1.165, 1.54) is 6.07 Å². The first kappa shape index (κ1) is 22.2. The van der Waals surface area contributed by atoms with Crippen molar-refractivity contribution < 1.29 is 22.7 Å². The van der Waals surface area contributed by atoms with Crippen LogP contribution in [0.25, 0.3) is 11.4 Å². The molecule has 0 unspecified atom stereocenters. The summed E-state index contributed by atoms with van der Waals surface area (Å²) in [4.78, 5) is 12.7. The Balaban J connectivity index is 1.95. The van der Waals surface area contributed by atoms with Crippen LogP contribution in [0.15, 0.2) is 36.5 Å². The number of aliphatic hydroxyl groups excluding tert-OH is 1. The molecule has 0 aliphatic carbocycles. The van der Waals surface area contributed by atoms with E-state index in [-0.39, 0.29) is 36.4 Å². The van der Waals surface area contributed by atoms with Gasteiger partial charge in [-0.25, -0.2) is 22.5 Å². The van der Waals surface area contributed by atoms with Gasteiger partial charge in [0.15, 0.2) is 29.1 Å². The van der Waals surface area contributed by atoms with E-state index in [9.17, 15) is 22.7 Å². The normalized spacial score (nSPS) is 12.0. The fourth-order valence-electron chi connectivity index (χ4n) is 2.62. The van der Waals surface area contributed by atoms with Crippen molar-refractivity contribution in [2.24, 2.45) is 5.92 Å². The molecule has 31 heavy (non-hydrogen) atoms. The molecule has 0 fully saturated rings. The maximum absolute atomic E-state index is 13.9. The van der Waals surface area contributed by atoms with Gasteiger partial charge in [0, 0.05) is 18.3 Å². The number of nitrogens with one attached hydrogen (secondary N) is 3. The molecular formula is C20H20F4N6O. The summed E-state index contributed by atoms with van der Waals surface area (Å²) >= 11 is 0. The zero-order chi connectivity index (χ0) is 22.5. The third-order valence-corrected chi connectivity index (χ3v) is 4.40. The lowest BCUT2D eigenvalue weighted by Crippen LogP contribution is -2.30. The fourth-order valence-corrected chi connectivity index (χ4v) is 2.62. The SMILES string of the molecule is CC(C)[C@@H](CO)Nc1nc(NNc2c(F)c(F)cc(F)c2F)cc(-c2ccccn2)n1. The van der Waals surface area contributed by atoms with Gasteiger partial charge in [-0.2, -0.15) is 4.98 Å². The Kier molecular flexibility index (Phi) is 6.85. The van der Waals surface area contributed by atoms with E-state index in [2.05, 4.69) is 31.1 Å². The maximum atomic E-state index is 13.9. The summed E-state index contributed by atoms with van der Waals surface area (Å²) in [6.45, 7) is 3.59. The number of rotatable bonds is 8. The first-order valence-corrected chi connectivity index (χ1v) is 9.33. The van der Waals surface area contributed by atoms with E-state index in [4.69, 9.17) is 0 Å². The van der Waals surface area contributed by atoms with Crippen LogP contribution in [0.2, 0.25) is 0 Å². The van der Waals surface area contributed by atoms with Gasteiger partial charge in [0.05, 0.1) is 24.0 Å². The van der Waals surface area contributed by atoms with Gasteiger partial charge in [-0.3, -0.25) is 15.8 Å². The second kappa shape index (κ2) is 9.56. The fraction of sp³-hybridized carbons (Fsp3) is 0.250. The predicted octanol–water partition coefficient (Wildman–Crippen LogP) is 3.96. The van der Waals surface area contributed by atoms with Crippen molar-refractivity contribution in [3.63, 3.8) is 0 Å². The van der Waals surface area contributed by atoms with E-state index in [0.29, 0.717) is 11.4 Å². The van der Waals surface area contributed by atoms with Gasteiger partial charge in [-0.05, 0) is 18.1 Å². The van der Waals surface area contributed by atoms with Gasteiger partial charge in [0.1, 0.15) is 5.69 Å². The molecule has 2 aromatic heterocycles. The Morgan fingerprint density at radius 2 is 1.65 bits per heavy atom. The molecule has 3 aromatic rings. The van der Waals surface area contributed by atoms with E-state index in [0.717, 1.165) is 0 Å². The third-order valence-electron chi connectivity index (χ3n) is 4.40. The van der Waals surface area contributed by atoms with Crippen molar-refractivity contribution in [1.29, 1.82) is 0 Å². The third kappa shape index (κ3) is 5.18. The number of aliphatic hydroxyl groups is 1. The molecule has 0 saturated heterocycles. The average molecular weight is 436 g/mol. The zero-order valence-electron chi connectivity index (χ0n) is 16.6. The van der Waals surface area contributed by atoms with Crippen LogP contribution in [0, 0.1) is 29.2 Å². The van der Waals surface area contributed by atoms with Gasteiger partial charge >= 0.3 is 0 Å². The minimum atomic E-state index is -1.59. The van der Waals surface area contributed by atoms with Crippen LogP contribution < -0.4 is 16.2 Å². The highest BCUT2D eigenvalue weighted by Gasteiger charge is 2.20. The number of halogens is 4. The summed E-state index contributed by atoms with van der Waals surface area (Å²) < 4.78 is 54.7. The van der Waals surface area contributed by atoms with Crippen LogP contribution in [0.4, 0.5) is 35.0 Å². The highest BCUT2D eigenvalue weighted by atomic mass is 19.2. The molecule has 2 heterocycles. The van der Waals surface area contributed by atoms with Gasteiger partial charge in [-0.1, -0.05) is 19.9 Å². The quantitative estimate of drug-likeness (QED) is 0.241. The van der Waals surface area contributed by atoms with E-state index >= 15 is 0 Å². The van der Waals surface area contributed by atoms with Crippen LogP contribution in [-0.2, 0) is 0 Å². The first-order valence-electron chi connectivity index (χ1n) is 9.33. The minimum absolute atomic E-state index is 0.0297. The highest BCUT2D eigenvalue weighted by Crippen LogP contribution is 2.25. The average Bonchev–Trinajstić information content (AvgIpc) is 2.76. The maximum Gasteiger partial charge on any atom is 0.225 e. The second-order valence-corrected chi connectivity index (χ2v) is 6.95. The first-order chi connectivity index (χ1) is 14.8. The molecule has 11 heteroatoms. The lowest BCUT2D eigenvalue weighted by atomic mass is 10.1. The van der Waals surface area contributed by atoms with Crippen LogP contribution in [0.5, 0.6) is 0 Å². The van der Waals surface area contributed by atoms with Gasteiger partial charge < -0.3 is 10.4 Å². The number of benzene rings is 1. The summed E-state index contributed by atoms with van der Waals surface area (Å²) in [7, 11) is 0. The number of pyridine rings is 1. The van der Waals surface area contributed by atoms with E-state index in [1.54, 1.807) is 24.4 Å². The molecular weight excluding hydrogens is 416 g/mol. The minimum Gasteiger partial charge on any atom is -0.394 e. The van der Waals surface area contributed by atoms with Crippen molar-refractivity contribution in [3.8, 4) is 11.4 Å². The second-order valence-electron chi connectivity index (χ2n) is 6.95. The lowest BCUT2D eigenvalue weighted by molar-refractivity contribution is 0.248. The van der Waals surface area contributed by atoms with Crippen molar-refractivity contribution in [2.45, 2.75) is 19.9 Å². The molecule has 0 amide bonds. The van der Waals surface area contributed by atoms with Crippen LogP contribution >= 0.6 is 0 Å². The predicted molar refractivity (Wildman–Crippen MR) is 108 cm³/mol. The molecule has 0 radical (unpaired) electrons. The Hall–Kier alpha value is -3.47. The summed E-state index contributed by atoms with van der Waals surface area (Å²) in [5, 5.41) is 12.5. The molecule has 4 N–H and O–H groups in total. The number of aromatic nitrogens is 3. The molecule has 0 aliphatic heterocycles. The summed E-state index contributed by atoms with van der Waals surface area (Å²) in [6.07, 6.45) is 1.56. The van der Waals surface area contributed by atoms with Crippen LogP contribution in [0.1, 0.15) is 13.8 Å². The Labute approximate surface area is 175 Å². The molecule has 164 valence electrons. The molecule has 1 aromatic carbocycles. The molecule has 0 spiro atoms. The van der Waals surface area contributed by atoms with Crippen LogP contribution in [0.3, 0.4) is 0 Å². The number of hydrogen-bond donors (Lipinski definition) is 4. The topological polar surface area (TPSA) is 95.0 Å². The van der Waals surface area contributed by atoms with Gasteiger partial charge in [-0.15, -0.1) is 0 Å². The van der Waals surface area contributed by atoms with Gasteiger partial charge in [0.2, 0.25) is 5.95 Å². The monoisotopic (exact) mass is 436 g/mol. The molecule has 0 bridgehead atoms. The largest absolute Gasteiger partial charge is 0.394 e. The van der Waals surface area contributed by atoms with E-state index < -0.39 is 29.0 Å². The number of nitrogens with zero attached hydrogens (tertiary/aromatic N) is 3. The summed E-state index contributed by atoms with van der Waals surface area (Å²) in [5.41, 5.74) is 4.33. The Morgan fingerprint density at radius 3 is 2.23 bits per heavy atom. The standard InChI is InChI=1S/C20H20F4N6O/c1-10(2)15(9-31)27-20-26-14(13-5-3-4-6-25-13)8-16(28-20)29-30-19-17(23)11(21)7-12(22)18(19)24/h3-8,10,15,30-31H,9H2,1-2H3,(H2,26,27,28,29)/t15-/m1/s1. The molecule has 0 aliphatic rings. The smallest absolute Gasteiger partial charge is 0.225 e. The summed E-state index contributed by atoms with van der Waals surface area (Å²) in [6, 6.07) is 6.32. The highest BCUT2D eigenvalue weighted by molar-refractivity contribution is 5.62. The van der Waals surface area contributed by atoms with Crippen molar-refractivity contribution in [2.75, 3.05) is 22.8 Å². The number of anilines is 3. The lowest BCUT2D eigenvalue weighted by Gasteiger charge is -2.21. The van der Waals surface area contributed by atoms with E-state index in [1.807, 2.05) is 13.8 Å². The Bertz CT molecular complexity index is 1030. The molecule has 7 nitrogen and oxygen atoms in total.